The number of allylic oxidation sites excluding steroid dienone is 1. The molecular weight excluding hydrogens is 473 g/mol. The van der Waals surface area contributed by atoms with E-state index in [2.05, 4.69) is 85.5 Å². The molecule has 2 aliphatic rings. The summed E-state index contributed by atoms with van der Waals surface area (Å²) in [5.41, 5.74) is 9.06. The van der Waals surface area contributed by atoms with E-state index in [1.54, 1.807) is 0 Å². The summed E-state index contributed by atoms with van der Waals surface area (Å²) in [6.07, 6.45) is 5.99. The molecule has 0 amide bonds. The van der Waals surface area contributed by atoms with Crippen molar-refractivity contribution < 1.29 is 13.9 Å². The molecule has 0 saturated carbocycles. The minimum atomic E-state index is -0.250. The Morgan fingerprint density at radius 3 is 2.61 bits per heavy atom. The van der Waals surface area contributed by atoms with Gasteiger partial charge in [0.1, 0.15) is 17.6 Å². The average molecular weight is 514 g/mol. The van der Waals surface area contributed by atoms with E-state index in [9.17, 15) is 4.39 Å². The molecule has 0 bridgehead atoms. The van der Waals surface area contributed by atoms with E-state index in [1.165, 1.54) is 39.0 Å². The van der Waals surface area contributed by atoms with Crippen LogP contribution < -0.4 is 9.47 Å². The van der Waals surface area contributed by atoms with Crippen LogP contribution in [0.25, 0.3) is 11.1 Å². The van der Waals surface area contributed by atoms with E-state index in [4.69, 9.17) is 9.47 Å². The van der Waals surface area contributed by atoms with E-state index < -0.39 is 0 Å². The van der Waals surface area contributed by atoms with Gasteiger partial charge in [0.2, 0.25) is 0 Å². The number of aryl methyl sites for hydroxylation is 2. The van der Waals surface area contributed by atoms with Gasteiger partial charge in [-0.1, -0.05) is 55.5 Å². The lowest BCUT2D eigenvalue weighted by Gasteiger charge is -2.19. The van der Waals surface area contributed by atoms with Crippen LogP contribution in [0.3, 0.4) is 0 Å². The first-order valence-corrected chi connectivity index (χ1v) is 14.3. The van der Waals surface area contributed by atoms with Crippen LogP contribution in [-0.2, 0) is 6.42 Å². The van der Waals surface area contributed by atoms with Gasteiger partial charge in [-0.25, -0.2) is 0 Å². The summed E-state index contributed by atoms with van der Waals surface area (Å²) in [5, 5.41) is 0. The third kappa shape index (κ3) is 6.13. The first-order valence-electron chi connectivity index (χ1n) is 14.3. The van der Waals surface area contributed by atoms with Crippen molar-refractivity contribution in [3.05, 3.63) is 94.5 Å². The summed E-state index contributed by atoms with van der Waals surface area (Å²) in [7, 11) is 0. The van der Waals surface area contributed by atoms with E-state index >= 15 is 0 Å². The molecule has 1 atom stereocenters. The van der Waals surface area contributed by atoms with Gasteiger partial charge in [-0.2, -0.15) is 0 Å². The molecule has 1 aliphatic heterocycles. The number of rotatable bonds is 10. The summed E-state index contributed by atoms with van der Waals surface area (Å²) in [6.45, 7) is 7.42. The van der Waals surface area contributed by atoms with Gasteiger partial charge in [0.15, 0.2) is 0 Å². The summed E-state index contributed by atoms with van der Waals surface area (Å²) in [6, 6.07) is 24.2. The van der Waals surface area contributed by atoms with Crippen LogP contribution in [0.4, 0.5) is 4.39 Å². The molecule has 0 N–H and O–H groups in total. The predicted octanol–water partition coefficient (Wildman–Crippen LogP) is 7.89. The average Bonchev–Trinajstić information content (AvgIpc) is 3.30. The minimum absolute atomic E-state index is 0.169. The number of benzene rings is 3. The molecule has 0 spiro atoms. The van der Waals surface area contributed by atoms with Crippen LogP contribution in [0, 0.1) is 6.92 Å². The number of hydrogen-bond donors (Lipinski definition) is 0. The van der Waals surface area contributed by atoms with Gasteiger partial charge in [0.05, 0.1) is 13.3 Å². The molecule has 1 fully saturated rings. The second-order valence-corrected chi connectivity index (χ2v) is 10.6. The Hall–Kier alpha value is -3.11. The van der Waals surface area contributed by atoms with Gasteiger partial charge in [0.25, 0.3) is 0 Å². The van der Waals surface area contributed by atoms with Crippen molar-refractivity contribution >= 4 is 11.1 Å². The fourth-order valence-corrected chi connectivity index (χ4v) is 5.77. The number of likely N-dealkylation sites (tertiary alicyclic amines) is 1. The zero-order valence-electron chi connectivity index (χ0n) is 22.8. The van der Waals surface area contributed by atoms with Gasteiger partial charge in [0, 0.05) is 19.6 Å². The number of ether oxygens (including phenoxy) is 2. The molecule has 1 heterocycles. The van der Waals surface area contributed by atoms with Crippen molar-refractivity contribution in [2.75, 3.05) is 32.9 Å². The second-order valence-electron chi connectivity index (χ2n) is 10.6. The zero-order chi connectivity index (χ0) is 26.3. The maximum Gasteiger partial charge on any atom is 0.122 e. The molecule has 3 nitrogen and oxygen atoms in total. The van der Waals surface area contributed by atoms with Crippen LogP contribution in [0.15, 0.2) is 66.7 Å². The molecule has 1 saturated heterocycles. The highest BCUT2D eigenvalue weighted by molar-refractivity contribution is 6.00. The van der Waals surface area contributed by atoms with Gasteiger partial charge in [-0.3, -0.25) is 9.29 Å². The lowest BCUT2D eigenvalue weighted by molar-refractivity contribution is 0.198. The lowest BCUT2D eigenvalue weighted by atomic mass is 9.87. The summed E-state index contributed by atoms with van der Waals surface area (Å²) in [4.78, 5) is 2.30. The molecule has 0 radical (unpaired) electrons. The van der Waals surface area contributed by atoms with Crippen molar-refractivity contribution in [1.29, 1.82) is 0 Å². The minimum Gasteiger partial charge on any atom is -0.493 e. The highest BCUT2D eigenvalue weighted by Gasteiger charge is 2.24. The third-order valence-electron chi connectivity index (χ3n) is 7.74. The lowest BCUT2D eigenvalue weighted by Crippen LogP contribution is -2.26. The molecular formula is C34H40FNO2. The first-order chi connectivity index (χ1) is 18.7. The van der Waals surface area contributed by atoms with Crippen LogP contribution in [-0.4, -0.2) is 43.9 Å². The SMILES string of the molecule is CCCOc1cc(C2=C(c3ccc(OC4CCN(CCCF)C4)cc3)c3ccccc3CCC2)ccc1C. The van der Waals surface area contributed by atoms with E-state index in [1.807, 2.05) is 0 Å². The molecule has 0 aromatic heterocycles. The Bertz CT molecular complexity index is 1250. The maximum absolute atomic E-state index is 12.6. The predicted molar refractivity (Wildman–Crippen MR) is 155 cm³/mol. The first kappa shape index (κ1) is 26.5. The Kier molecular flexibility index (Phi) is 8.80. The largest absolute Gasteiger partial charge is 0.493 e. The van der Waals surface area contributed by atoms with Crippen LogP contribution in [0.2, 0.25) is 0 Å². The quantitative estimate of drug-likeness (QED) is 0.275. The number of hydrogen-bond acceptors (Lipinski definition) is 3. The third-order valence-corrected chi connectivity index (χ3v) is 7.74. The van der Waals surface area contributed by atoms with Gasteiger partial charge >= 0.3 is 0 Å². The fraction of sp³-hybridized carbons (Fsp3) is 0.412. The standard InChI is InChI=1S/C34H40FNO2/c1-3-22-37-33-23-28(13-12-25(33)2)32-11-6-9-26-8-4-5-10-31(26)34(32)27-14-16-29(17-15-27)38-30-18-21-36(24-30)20-7-19-35/h4-5,8,10,12-17,23,30H,3,6-7,9,11,18-22,24H2,1-2H3. The molecule has 1 unspecified atom stereocenters. The zero-order valence-corrected chi connectivity index (χ0v) is 22.8. The maximum atomic E-state index is 12.6. The summed E-state index contributed by atoms with van der Waals surface area (Å²) in [5.74, 6) is 1.88. The Morgan fingerprint density at radius 2 is 1.79 bits per heavy atom. The van der Waals surface area contributed by atoms with Crippen LogP contribution in [0.1, 0.15) is 66.8 Å². The molecule has 3 aromatic rings. The van der Waals surface area contributed by atoms with E-state index in [0.717, 1.165) is 69.8 Å². The van der Waals surface area contributed by atoms with Crippen molar-refractivity contribution in [2.45, 2.75) is 58.5 Å². The molecule has 5 rings (SSSR count). The number of nitrogens with zero attached hydrogens (tertiary/aromatic N) is 1. The highest BCUT2D eigenvalue weighted by Crippen LogP contribution is 2.41. The Morgan fingerprint density at radius 1 is 0.974 bits per heavy atom. The smallest absolute Gasteiger partial charge is 0.122 e. The van der Waals surface area contributed by atoms with Crippen LogP contribution in [0.5, 0.6) is 11.5 Å². The summed E-state index contributed by atoms with van der Waals surface area (Å²) >= 11 is 0. The normalized spacial score (nSPS) is 17.8. The van der Waals surface area contributed by atoms with E-state index in [-0.39, 0.29) is 12.8 Å². The van der Waals surface area contributed by atoms with E-state index in [0.29, 0.717) is 6.42 Å². The van der Waals surface area contributed by atoms with Crippen molar-refractivity contribution in [3.8, 4) is 11.5 Å². The van der Waals surface area contributed by atoms with Gasteiger partial charge in [-0.05, 0) is 103 Å². The van der Waals surface area contributed by atoms with Crippen molar-refractivity contribution in [1.82, 2.24) is 4.90 Å². The highest BCUT2D eigenvalue weighted by atomic mass is 19.1. The van der Waals surface area contributed by atoms with Gasteiger partial charge in [-0.15, -0.1) is 0 Å². The second kappa shape index (κ2) is 12.6. The van der Waals surface area contributed by atoms with Crippen molar-refractivity contribution in [2.24, 2.45) is 0 Å². The van der Waals surface area contributed by atoms with Crippen LogP contribution >= 0.6 is 0 Å². The number of alkyl halides is 1. The number of halogens is 1. The molecule has 4 heteroatoms. The summed E-state index contributed by atoms with van der Waals surface area (Å²) < 4.78 is 25.0. The number of fused-ring (bicyclic) bond motifs is 1. The Labute approximate surface area is 227 Å². The molecule has 3 aromatic carbocycles. The topological polar surface area (TPSA) is 21.7 Å². The van der Waals surface area contributed by atoms with Gasteiger partial charge < -0.3 is 9.47 Å². The monoisotopic (exact) mass is 513 g/mol. The Balaban J connectivity index is 1.47. The fourth-order valence-electron chi connectivity index (χ4n) is 5.77. The molecule has 38 heavy (non-hydrogen) atoms. The van der Waals surface area contributed by atoms with Crippen molar-refractivity contribution in [3.63, 3.8) is 0 Å². The molecule has 1 aliphatic carbocycles. The molecule has 200 valence electrons.